The average Bonchev–Trinajstić information content (AvgIpc) is 3.10. The molecule has 0 spiro atoms. The van der Waals surface area contributed by atoms with Gasteiger partial charge >= 0.3 is 0 Å². The third kappa shape index (κ3) is 4.74. The van der Waals surface area contributed by atoms with Crippen molar-refractivity contribution in [2.24, 2.45) is 0 Å². The lowest BCUT2D eigenvalue weighted by molar-refractivity contribution is 0.00295. The van der Waals surface area contributed by atoms with Crippen LogP contribution >= 0.6 is 11.3 Å². The van der Waals surface area contributed by atoms with Gasteiger partial charge in [0.15, 0.2) is 0 Å². The summed E-state index contributed by atoms with van der Waals surface area (Å²) in [7, 11) is 0. The number of hydrogen-bond donors (Lipinski definition) is 1. The molecule has 1 aromatic rings. The average molecular weight is 339 g/mol. The Morgan fingerprint density at radius 2 is 1.78 bits per heavy atom. The molecule has 1 amide bonds. The number of nitrogens with zero attached hydrogens (tertiary/aromatic N) is 3. The maximum atomic E-state index is 12.3. The van der Waals surface area contributed by atoms with E-state index in [-0.39, 0.29) is 12.0 Å². The molecule has 6 nitrogen and oxygen atoms in total. The zero-order valence-corrected chi connectivity index (χ0v) is 14.2. The number of β-amino-alcohol motifs (C(OH)–C–C–N with tert-alkyl or cyclic N) is 1. The Bertz CT molecular complexity index is 483. The summed E-state index contributed by atoms with van der Waals surface area (Å²) < 4.78 is 5.33. The van der Waals surface area contributed by atoms with Crippen LogP contribution in [0.5, 0.6) is 0 Å². The van der Waals surface area contributed by atoms with Crippen LogP contribution in [-0.2, 0) is 4.74 Å². The van der Waals surface area contributed by atoms with Gasteiger partial charge in [0.05, 0.1) is 24.2 Å². The molecule has 0 aliphatic carbocycles. The first-order valence-electron chi connectivity index (χ1n) is 8.25. The van der Waals surface area contributed by atoms with Gasteiger partial charge in [-0.25, -0.2) is 0 Å². The number of morpholine rings is 1. The van der Waals surface area contributed by atoms with Crippen molar-refractivity contribution in [1.29, 1.82) is 0 Å². The topological polar surface area (TPSA) is 56.2 Å². The van der Waals surface area contributed by atoms with Crippen molar-refractivity contribution in [1.82, 2.24) is 14.7 Å². The summed E-state index contributed by atoms with van der Waals surface area (Å²) in [5.41, 5.74) is 0. The molecule has 2 saturated heterocycles. The minimum absolute atomic E-state index is 0.133. The lowest BCUT2D eigenvalue weighted by Crippen LogP contribution is -2.52. The molecular weight excluding hydrogens is 314 g/mol. The third-order valence-corrected chi connectivity index (χ3v) is 5.29. The maximum Gasteiger partial charge on any atom is 0.264 e. The number of carbonyl (C=O) groups is 1. The third-order valence-electron chi connectivity index (χ3n) is 4.43. The van der Waals surface area contributed by atoms with Gasteiger partial charge in [-0.1, -0.05) is 6.07 Å². The van der Waals surface area contributed by atoms with Gasteiger partial charge in [0, 0.05) is 52.4 Å². The largest absolute Gasteiger partial charge is 0.390 e. The lowest BCUT2D eigenvalue weighted by atomic mass is 10.2. The monoisotopic (exact) mass is 339 g/mol. The summed E-state index contributed by atoms with van der Waals surface area (Å²) in [4.78, 5) is 19.5. The Hall–Kier alpha value is -0.990. The molecule has 0 saturated carbocycles. The number of hydrogen-bond acceptors (Lipinski definition) is 6. The van der Waals surface area contributed by atoms with Crippen molar-refractivity contribution in [2.75, 3.05) is 65.6 Å². The molecule has 3 heterocycles. The maximum absolute atomic E-state index is 12.3. The van der Waals surface area contributed by atoms with Gasteiger partial charge in [-0.3, -0.25) is 14.6 Å². The Kier molecular flexibility index (Phi) is 6.02. The number of aliphatic hydroxyl groups is 1. The molecule has 128 valence electrons. The summed E-state index contributed by atoms with van der Waals surface area (Å²) in [6.45, 7) is 7.85. The van der Waals surface area contributed by atoms with Crippen LogP contribution in [-0.4, -0.2) is 97.4 Å². The van der Waals surface area contributed by atoms with Crippen LogP contribution in [0.2, 0.25) is 0 Å². The van der Waals surface area contributed by atoms with Crippen LogP contribution in [0.25, 0.3) is 0 Å². The van der Waals surface area contributed by atoms with Gasteiger partial charge in [-0.05, 0) is 11.4 Å². The molecule has 1 aromatic heterocycles. The van der Waals surface area contributed by atoms with Crippen LogP contribution in [0, 0.1) is 0 Å². The summed E-state index contributed by atoms with van der Waals surface area (Å²) in [5, 5.41) is 12.2. The molecule has 1 unspecified atom stereocenters. The van der Waals surface area contributed by atoms with E-state index in [1.54, 1.807) is 0 Å². The van der Waals surface area contributed by atoms with E-state index in [0.717, 1.165) is 57.4 Å². The van der Waals surface area contributed by atoms with E-state index in [2.05, 4.69) is 9.80 Å². The summed E-state index contributed by atoms with van der Waals surface area (Å²) >= 11 is 1.50. The molecular formula is C16H25N3O3S. The second-order valence-electron chi connectivity index (χ2n) is 6.14. The molecule has 7 heteroatoms. The molecule has 1 N–H and O–H groups in total. The van der Waals surface area contributed by atoms with Crippen LogP contribution in [0.1, 0.15) is 9.67 Å². The molecule has 0 radical (unpaired) electrons. The summed E-state index contributed by atoms with van der Waals surface area (Å²) in [6, 6.07) is 3.79. The van der Waals surface area contributed by atoms with E-state index < -0.39 is 0 Å². The Balaban J connectivity index is 1.39. The van der Waals surface area contributed by atoms with Crippen LogP contribution in [0.4, 0.5) is 0 Å². The zero-order chi connectivity index (χ0) is 16.1. The van der Waals surface area contributed by atoms with Crippen molar-refractivity contribution in [3.63, 3.8) is 0 Å². The van der Waals surface area contributed by atoms with E-state index in [1.807, 2.05) is 22.4 Å². The number of amides is 1. The first kappa shape index (κ1) is 16.9. The summed E-state index contributed by atoms with van der Waals surface area (Å²) in [5.74, 6) is 0.133. The fourth-order valence-electron chi connectivity index (χ4n) is 3.13. The fraction of sp³-hybridized carbons (Fsp3) is 0.688. The van der Waals surface area contributed by atoms with E-state index in [1.165, 1.54) is 11.3 Å². The number of aliphatic hydroxyl groups excluding tert-OH is 1. The van der Waals surface area contributed by atoms with Gasteiger partial charge in [0.2, 0.25) is 0 Å². The van der Waals surface area contributed by atoms with Crippen molar-refractivity contribution in [3.05, 3.63) is 22.4 Å². The minimum Gasteiger partial charge on any atom is -0.390 e. The van der Waals surface area contributed by atoms with E-state index in [4.69, 9.17) is 4.74 Å². The van der Waals surface area contributed by atoms with E-state index >= 15 is 0 Å². The number of piperazine rings is 1. The highest BCUT2D eigenvalue weighted by atomic mass is 32.1. The zero-order valence-electron chi connectivity index (χ0n) is 13.4. The van der Waals surface area contributed by atoms with E-state index in [0.29, 0.717) is 13.1 Å². The summed E-state index contributed by atoms with van der Waals surface area (Å²) in [6.07, 6.45) is -0.340. The van der Waals surface area contributed by atoms with Crippen LogP contribution in [0.15, 0.2) is 17.5 Å². The Labute approximate surface area is 141 Å². The molecule has 1 atom stereocenters. The highest BCUT2D eigenvalue weighted by molar-refractivity contribution is 7.12. The quantitative estimate of drug-likeness (QED) is 0.831. The number of ether oxygens (including phenoxy) is 1. The second-order valence-corrected chi connectivity index (χ2v) is 7.08. The SMILES string of the molecule is O=C(c1cccs1)N1CCN(CC(O)CN2CCOCC2)CC1. The normalized spacial score (nSPS) is 22.2. The molecule has 2 aliphatic rings. The molecule has 23 heavy (non-hydrogen) atoms. The molecule has 0 aromatic carbocycles. The number of thiophene rings is 1. The fourth-order valence-corrected chi connectivity index (χ4v) is 3.82. The standard InChI is InChI=1S/C16H25N3O3S/c20-14(13-18-7-9-22-10-8-18)12-17-3-5-19(6-4-17)16(21)15-2-1-11-23-15/h1-2,11,14,20H,3-10,12-13H2. The first-order chi connectivity index (χ1) is 11.2. The van der Waals surface area contributed by atoms with Crippen LogP contribution in [0.3, 0.4) is 0 Å². The molecule has 0 bridgehead atoms. The van der Waals surface area contributed by atoms with Gasteiger partial charge in [0.25, 0.3) is 5.91 Å². The Morgan fingerprint density at radius 3 is 2.39 bits per heavy atom. The van der Waals surface area contributed by atoms with Gasteiger partial charge in [0.1, 0.15) is 0 Å². The first-order valence-corrected chi connectivity index (χ1v) is 9.13. The van der Waals surface area contributed by atoms with Crippen molar-refractivity contribution in [3.8, 4) is 0 Å². The number of rotatable bonds is 5. The predicted octanol–water partition coefficient (Wildman–Crippen LogP) is 0.199. The van der Waals surface area contributed by atoms with Crippen molar-refractivity contribution < 1.29 is 14.6 Å². The van der Waals surface area contributed by atoms with Crippen molar-refractivity contribution in [2.45, 2.75) is 6.10 Å². The highest BCUT2D eigenvalue weighted by Crippen LogP contribution is 2.14. The number of carbonyl (C=O) groups excluding carboxylic acids is 1. The van der Waals surface area contributed by atoms with Gasteiger partial charge in [-0.15, -0.1) is 11.3 Å². The molecule has 3 rings (SSSR count). The van der Waals surface area contributed by atoms with E-state index in [9.17, 15) is 9.90 Å². The lowest BCUT2D eigenvalue weighted by Gasteiger charge is -2.36. The molecule has 2 fully saturated rings. The second kappa shape index (κ2) is 8.21. The predicted molar refractivity (Wildman–Crippen MR) is 89.9 cm³/mol. The van der Waals surface area contributed by atoms with Gasteiger partial charge < -0.3 is 14.7 Å². The minimum atomic E-state index is -0.340. The Morgan fingerprint density at radius 1 is 1.13 bits per heavy atom. The van der Waals surface area contributed by atoms with Gasteiger partial charge in [-0.2, -0.15) is 0 Å². The van der Waals surface area contributed by atoms with Crippen molar-refractivity contribution >= 4 is 17.2 Å². The highest BCUT2D eigenvalue weighted by Gasteiger charge is 2.24. The smallest absolute Gasteiger partial charge is 0.264 e. The van der Waals surface area contributed by atoms with Crippen LogP contribution < -0.4 is 0 Å². The molecule has 2 aliphatic heterocycles.